The Morgan fingerprint density at radius 3 is 2.69 bits per heavy atom. The number of benzene rings is 2. The van der Waals surface area contributed by atoms with Gasteiger partial charge in [0.25, 0.3) is 5.91 Å². The molecule has 0 bridgehead atoms. The summed E-state index contributed by atoms with van der Waals surface area (Å²) in [6.45, 7) is 4.01. The maximum atomic E-state index is 13.0. The molecule has 0 saturated carbocycles. The van der Waals surface area contributed by atoms with E-state index in [4.69, 9.17) is 23.2 Å². The molecule has 1 aromatic heterocycles. The molecular formula is C22H22BrCl2N3O. The highest BCUT2D eigenvalue weighted by atomic mass is 79.9. The molecule has 0 unspecified atom stereocenters. The van der Waals surface area contributed by atoms with Gasteiger partial charge in [-0.3, -0.25) is 4.79 Å². The summed E-state index contributed by atoms with van der Waals surface area (Å²) in [7, 11) is 0. The number of halogens is 3. The minimum atomic E-state index is -0.144. The highest BCUT2D eigenvalue weighted by Gasteiger charge is 2.20. The molecule has 3 rings (SSSR count). The Hall–Kier alpha value is -1.82. The van der Waals surface area contributed by atoms with Crippen molar-refractivity contribution in [2.45, 2.75) is 39.2 Å². The molecule has 1 amide bonds. The molecule has 0 spiro atoms. The van der Waals surface area contributed by atoms with Crippen molar-refractivity contribution in [2.24, 2.45) is 0 Å². The normalized spacial score (nSPS) is 12.0. The van der Waals surface area contributed by atoms with Crippen LogP contribution in [0.15, 0.2) is 53.1 Å². The summed E-state index contributed by atoms with van der Waals surface area (Å²) in [5.74, 6) is -0.144. The molecule has 0 aliphatic heterocycles. The van der Waals surface area contributed by atoms with Crippen molar-refractivity contribution in [1.29, 1.82) is 0 Å². The second kappa shape index (κ2) is 9.79. The fourth-order valence-corrected chi connectivity index (χ4v) is 3.91. The zero-order chi connectivity index (χ0) is 21.0. The first-order chi connectivity index (χ1) is 13.9. The van der Waals surface area contributed by atoms with Crippen molar-refractivity contribution >= 4 is 45.0 Å². The molecule has 0 fully saturated rings. The standard InChI is InChI=1S/C22H22BrCl2N3O/c1-3-4-8-21(15-6-5-7-16(23)11-15)27-22(29)18-13-26-28(14(18)2)17-9-10-19(24)20(25)12-17/h5-7,9-13,21H,3-4,8H2,1-2H3,(H,27,29)/t21-/m0/s1. The van der Waals surface area contributed by atoms with Crippen LogP contribution in [0.4, 0.5) is 0 Å². The average Bonchev–Trinajstić information content (AvgIpc) is 3.08. The van der Waals surface area contributed by atoms with E-state index in [1.165, 1.54) is 0 Å². The topological polar surface area (TPSA) is 46.9 Å². The van der Waals surface area contributed by atoms with Gasteiger partial charge in [0.05, 0.1) is 39.2 Å². The molecular weight excluding hydrogens is 473 g/mol. The zero-order valence-corrected chi connectivity index (χ0v) is 19.4. The summed E-state index contributed by atoms with van der Waals surface area (Å²) in [6, 6.07) is 13.3. The molecule has 1 heterocycles. The molecule has 29 heavy (non-hydrogen) atoms. The van der Waals surface area contributed by atoms with Crippen LogP contribution in [-0.2, 0) is 0 Å². The van der Waals surface area contributed by atoms with Gasteiger partial charge >= 0.3 is 0 Å². The molecule has 2 aromatic carbocycles. The van der Waals surface area contributed by atoms with Crippen molar-refractivity contribution in [3.05, 3.63) is 80.0 Å². The molecule has 1 N–H and O–H groups in total. The number of hydrogen-bond acceptors (Lipinski definition) is 2. The first-order valence-electron chi connectivity index (χ1n) is 9.47. The largest absolute Gasteiger partial charge is 0.345 e. The third-order valence-corrected chi connectivity index (χ3v) is 6.04. The van der Waals surface area contributed by atoms with E-state index >= 15 is 0 Å². The lowest BCUT2D eigenvalue weighted by atomic mass is 10.0. The third kappa shape index (κ3) is 5.21. The van der Waals surface area contributed by atoms with Gasteiger partial charge in [-0.15, -0.1) is 0 Å². The number of rotatable bonds is 7. The van der Waals surface area contributed by atoms with Crippen LogP contribution in [0.3, 0.4) is 0 Å². The molecule has 0 aliphatic carbocycles. The lowest BCUT2D eigenvalue weighted by Gasteiger charge is -2.19. The van der Waals surface area contributed by atoms with Crippen LogP contribution in [0.5, 0.6) is 0 Å². The van der Waals surface area contributed by atoms with Crippen molar-refractivity contribution < 1.29 is 4.79 Å². The number of aromatic nitrogens is 2. The van der Waals surface area contributed by atoms with Crippen LogP contribution >= 0.6 is 39.1 Å². The molecule has 0 radical (unpaired) electrons. The molecule has 0 saturated heterocycles. The van der Waals surface area contributed by atoms with Crippen molar-refractivity contribution in [3.8, 4) is 5.69 Å². The van der Waals surface area contributed by atoms with E-state index in [2.05, 4.69) is 33.3 Å². The van der Waals surface area contributed by atoms with Gasteiger partial charge in [0.15, 0.2) is 0 Å². The smallest absolute Gasteiger partial charge is 0.255 e. The van der Waals surface area contributed by atoms with Crippen LogP contribution in [0.2, 0.25) is 10.0 Å². The van der Waals surface area contributed by atoms with Crippen molar-refractivity contribution in [1.82, 2.24) is 15.1 Å². The van der Waals surface area contributed by atoms with E-state index in [1.807, 2.05) is 37.3 Å². The summed E-state index contributed by atoms with van der Waals surface area (Å²) in [5.41, 5.74) is 3.11. The number of carbonyl (C=O) groups is 1. The highest BCUT2D eigenvalue weighted by Crippen LogP contribution is 2.26. The maximum Gasteiger partial charge on any atom is 0.255 e. The van der Waals surface area contributed by atoms with Gasteiger partial charge in [0.1, 0.15) is 0 Å². The zero-order valence-electron chi connectivity index (χ0n) is 16.3. The molecule has 1 atom stereocenters. The van der Waals surface area contributed by atoms with E-state index in [9.17, 15) is 4.79 Å². The van der Waals surface area contributed by atoms with Gasteiger partial charge in [-0.2, -0.15) is 5.10 Å². The Morgan fingerprint density at radius 1 is 1.21 bits per heavy atom. The Balaban J connectivity index is 1.85. The summed E-state index contributed by atoms with van der Waals surface area (Å²) in [4.78, 5) is 13.0. The quantitative estimate of drug-likeness (QED) is 0.387. The average molecular weight is 495 g/mol. The first kappa shape index (κ1) is 21.9. The molecule has 0 aliphatic rings. The fraction of sp³-hybridized carbons (Fsp3) is 0.273. The Morgan fingerprint density at radius 2 is 2.00 bits per heavy atom. The summed E-state index contributed by atoms with van der Waals surface area (Å²) in [6.07, 6.45) is 4.55. The van der Waals surface area contributed by atoms with Gasteiger partial charge in [-0.05, 0) is 49.2 Å². The Labute approximate surface area is 189 Å². The monoisotopic (exact) mass is 493 g/mol. The number of hydrogen-bond donors (Lipinski definition) is 1. The second-order valence-corrected chi connectivity index (χ2v) is 8.61. The Bertz CT molecular complexity index is 1020. The predicted octanol–water partition coefficient (Wildman–Crippen LogP) is 6.91. The van der Waals surface area contributed by atoms with Crippen LogP contribution in [0.25, 0.3) is 5.69 Å². The summed E-state index contributed by atoms with van der Waals surface area (Å²) < 4.78 is 2.69. The number of carbonyl (C=O) groups excluding carboxylic acids is 1. The van der Waals surface area contributed by atoms with E-state index in [1.54, 1.807) is 23.0 Å². The highest BCUT2D eigenvalue weighted by molar-refractivity contribution is 9.10. The molecule has 152 valence electrons. The summed E-state index contributed by atoms with van der Waals surface area (Å²) in [5, 5.41) is 8.48. The van der Waals surface area contributed by atoms with E-state index in [0.717, 1.165) is 40.7 Å². The molecule has 3 aromatic rings. The van der Waals surface area contributed by atoms with Crippen LogP contribution in [0, 0.1) is 6.92 Å². The van der Waals surface area contributed by atoms with Crippen LogP contribution in [0.1, 0.15) is 53.8 Å². The number of nitrogens with zero attached hydrogens (tertiary/aromatic N) is 2. The number of nitrogens with one attached hydrogen (secondary N) is 1. The second-order valence-electron chi connectivity index (χ2n) is 6.88. The third-order valence-electron chi connectivity index (χ3n) is 4.80. The fourth-order valence-electron chi connectivity index (χ4n) is 3.20. The van der Waals surface area contributed by atoms with Gasteiger partial charge in [0, 0.05) is 4.47 Å². The van der Waals surface area contributed by atoms with Crippen LogP contribution in [-0.4, -0.2) is 15.7 Å². The minimum Gasteiger partial charge on any atom is -0.345 e. The predicted molar refractivity (Wildman–Crippen MR) is 122 cm³/mol. The van der Waals surface area contributed by atoms with E-state index in [-0.39, 0.29) is 11.9 Å². The lowest BCUT2D eigenvalue weighted by Crippen LogP contribution is -2.29. The van der Waals surface area contributed by atoms with E-state index < -0.39 is 0 Å². The molecule has 4 nitrogen and oxygen atoms in total. The lowest BCUT2D eigenvalue weighted by molar-refractivity contribution is 0.0933. The van der Waals surface area contributed by atoms with Gasteiger partial charge in [-0.25, -0.2) is 4.68 Å². The van der Waals surface area contributed by atoms with Crippen molar-refractivity contribution in [3.63, 3.8) is 0 Å². The van der Waals surface area contributed by atoms with E-state index in [0.29, 0.717) is 15.6 Å². The number of amides is 1. The van der Waals surface area contributed by atoms with Crippen LogP contribution < -0.4 is 5.32 Å². The van der Waals surface area contributed by atoms with Gasteiger partial charge in [-0.1, -0.05) is 71.0 Å². The molecule has 7 heteroatoms. The SMILES string of the molecule is CCCC[C@H](NC(=O)c1cnn(-c2ccc(Cl)c(Cl)c2)c1C)c1cccc(Br)c1. The van der Waals surface area contributed by atoms with Gasteiger partial charge < -0.3 is 5.32 Å². The van der Waals surface area contributed by atoms with Gasteiger partial charge in [0.2, 0.25) is 0 Å². The first-order valence-corrected chi connectivity index (χ1v) is 11.0. The Kier molecular flexibility index (Phi) is 7.38. The number of unbranched alkanes of at least 4 members (excludes halogenated alkanes) is 1. The summed E-state index contributed by atoms with van der Waals surface area (Å²) >= 11 is 15.6. The maximum absolute atomic E-state index is 13.0. The minimum absolute atomic E-state index is 0.0623. The van der Waals surface area contributed by atoms with Crippen molar-refractivity contribution in [2.75, 3.05) is 0 Å².